The summed E-state index contributed by atoms with van der Waals surface area (Å²) in [6, 6.07) is 10.2. The molecule has 2 aromatic rings. The summed E-state index contributed by atoms with van der Waals surface area (Å²) in [6.45, 7) is 0. The molecule has 5 nitrogen and oxygen atoms in total. The Hall–Kier alpha value is -2.40. The molecule has 2 atom stereocenters. The lowest BCUT2D eigenvalue weighted by Crippen LogP contribution is -2.36. The maximum Gasteiger partial charge on any atom is 0.260 e. The minimum Gasteiger partial charge on any atom is -0.390 e. The highest BCUT2D eigenvalue weighted by Crippen LogP contribution is 2.31. The Morgan fingerprint density at radius 1 is 1.25 bits per heavy atom. The average molecular weight is 270 g/mol. The van der Waals surface area contributed by atoms with E-state index in [9.17, 15) is 14.7 Å². The molecule has 0 unspecified atom stereocenters. The molecule has 0 bridgehead atoms. The highest BCUT2D eigenvalue weighted by Gasteiger charge is 2.32. The van der Waals surface area contributed by atoms with E-state index in [0.717, 1.165) is 11.1 Å². The van der Waals surface area contributed by atoms with Crippen LogP contribution in [0.5, 0.6) is 0 Å². The van der Waals surface area contributed by atoms with E-state index in [0.29, 0.717) is 6.42 Å². The number of aromatic amines is 1. The van der Waals surface area contributed by atoms with Gasteiger partial charge in [0.05, 0.1) is 12.1 Å². The zero-order valence-electron chi connectivity index (χ0n) is 10.7. The van der Waals surface area contributed by atoms with Gasteiger partial charge >= 0.3 is 0 Å². The van der Waals surface area contributed by atoms with Crippen LogP contribution in [0.15, 0.2) is 47.4 Å². The lowest BCUT2D eigenvalue weighted by Gasteiger charge is -2.17. The predicted molar refractivity (Wildman–Crippen MR) is 73.4 cm³/mol. The van der Waals surface area contributed by atoms with Crippen LogP contribution in [0.4, 0.5) is 0 Å². The molecular formula is C15H14N2O3. The summed E-state index contributed by atoms with van der Waals surface area (Å²) in [6.07, 6.45) is 1.31. The highest BCUT2D eigenvalue weighted by atomic mass is 16.3. The van der Waals surface area contributed by atoms with Crippen LogP contribution in [0.2, 0.25) is 0 Å². The number of nitrogens with one attached hydrogen (secondary N) is 2. The van der Waals surface area contributed by atoms with Gasteiger partial charge < -0.3 is 15.4 Å². The van der Waals surface area contributed by atoms with E-state index in [2.05, 4.69) is 10.3 Å². The van der Waals surface area contributed by atoms with Crippen molar-refractivity contribution < 1.29 is 9.90 Å². The number of aromatic nitrogens is 1. The van der Waals surface area contributed by atoms with Crippen molar-refractivity contribution in [1.82, 2.24) is 10.3 Å². The van der Waals surface area contributed by atoms with E-state index in [-0.39, 0.29) is 5.56 Å². The summed E-state index contributed by atoms with van der Waals surface area (Å²) in [7, 11) is 0. The number of hydrogen-bond donors (Lipinski definition) is 3. The van der Waals surface area contributed by atoms with E-state index >= 15 is 0 Å². The lowest BCUT2D eigenvalue weighted by molar-refractivity contribution is 0.0856. The van der Waals surface area contributed by atoms with Crippen molar-refractivity contribution in [2.24, 2.45) is 0 Å². The number of aliphatic hydroxyl groups excluding tert-OH is 1. The molecule has 1 aliphatic carbocycles. The second-order valence-electron chi connectivity index (χ2n) is 4.83. The second-order valence-corrected chi connectivity index (χ2v) is 4.83. The first-order chi connectivity index (χ1) is 9.66. The number of fused-ring (bicyclic) bond motifs is 1. The molecule has 0 saturated heterocycles. The number of rotatable bonds is 2. The Kier molecular flexibility index (Phi) is 3.12. The molecule has 1 heterocycles. The first-order valence-electron chi connectivity index (χ1n) is 6.41. The molecule has 3 rings (SSSR count). The molecule has 1 aliphatic rings. The van der Waals surface area contributed by atoms with Crippen LogP contribution < -0.4 is 10.9 Å². The van der Waals surface area contributed by atoms with Gasteiger partial charge in [0.1, 0.15) is 5.56 Å². The summed E-state index contributed by atoms with van der Waals surface area (Å²) in [4.78, 5) is 26.2. The maximum atomic E-state index is 12.1. The van der Waals surface area contributed by atoms with Gasteiger partial charge in [0.15, 0.2) is 0 Å². The van der Waals surface area contributed by atoms with Crippen molar-refractivity contribution in [3.63, 3.8) is 0 Å². The van der Waals surface area contributed by atoms with Crippen molar-refractivity contribution in [2.45, 2.75) is 18.6 Å². The predicted octanol–water partition coefficient (Wildman–Crippen LogP) is 0.763. The number of carbonyl (C=O) groups is 1. The fourth-order valence-electron chi connectivity index (χ4n) is 2.57. The summed E-state index contributed by atoms with van der Waals surface area (Å²) < 4.78 is 0. The second kappa shape index (κ2) is 4.94. The van der Waals surface area contributed by atoms with Gasteiger partial charge in [-0.05, 0) is 23.3 Å². The van der Waals surface area contributed by atoms with Crippen molar-refractivity contribution in [2.75, 3.05) is 0 Å². The molecular weight excluding hydrogens is 256 g/mol. The normalized spacial score (nSPS) is 20.4. The molecule has 1 amide bonds. The Labute approximate surface area is 115 Å². The number of benzene rings is 1. The van der Waals surface area contributed by atoms with Crippen LogP contribution in [-0.4, -0.2) is 22.1 Å². The molecule has 0 spiro atoms. The van der Waals surface area contributed by atoms with Gasteiger partial charge in [-0.25, -0.2) is 0 Å². The Morgan fingerprint density at radius 2 is 2.05 bits per heavy atom. The minimum atomic E-state index is -0.667. The van der Waals surface area contributed by atoms with E-state index in [1.807, 2.05) is 24.3 Å². The molecule has 0 aliphatic heterocycles. The zero-order chi connectivity index (χ0) is 14.1. The minimum absolute atomic E-state index is 0.0454. The lowest BCUT2D eigenvalue weighted by atomic mass is 10.1. The topological polar surface area (TPSA) is 82.2 Å². The number of pyridine rings is 1. The largest absolute Gasteiger partial charge is 0.390 e. The van der Waals surface area contributed by atoms with E-state index < -0.39 is 23.6 Å². The molecule has 3 N–H and O–H groups in total. The zero-order valence-corrected chi connectivity index (χ0v) is 10.7. The van der Waals surface area contributed by atoms with Crippen molar-refractivity contribution in [3.05, 3.63) is 69.6 Å². The summed E-state index contributed by atoms with van der Waals surface area (Å²) in [5, 5.41) is 12.8. The van der Waals surface area contributed by atoms with Gasteiger partial charge in [0, 0.05) is 12.6 Å². The molecule has 0 fully saturated rings. The van der Waals surface area contributed by atoms with E-state index in [1.54, 1.807) is 6.07 Å². The van der Waals surface area contributed by atoms with Crippen LogP contribution in [-0.2, 0) is 6.42 Å². The van der Waals surface area contributed by atoms with Crippen LogP contribution in [0.3, 0.4) is 0 Å². The summed E-state index contributed by atoms with van der Waals surface area (Å²) >= 11 is 0. The van der Waals surface area contributed by atoms with Crippen LogP contribution in [0.1, 0.15) is 27.5 Å². The number of hydrogen-bond acceptors (Lipinski definition) is 3. The number of carbonyl (C=O) groups excluding carboxylic acids is 1. The first-order valence-corrected chi connectivity index (χ1v) is 6.41. The number of aliphatic hydroxyl groups is 1. The van der Waals surface area contributed by atoms with Crippen LogP contribution in [0, 0.1) is 0 Å². The van der Waals surface area contributed by atoms with Gasteiger partial charge in [-0.3, -0.25) is 9.59 Å². The third-order valence-corrected chi connectivity index (χ3v) is 3.55. The summed E-state index contributed by atoms with van der Waals surface area (Å²) in [5.41, 5.74) is 1.53. The highest BCUT2D eigenvalue weighted by molar-refractivity contribution is 5.94. The monoisotopic (exact) mass is 270 g/mol. The quantitative estimate of drug-likeness (QED) is 0.753. The Morgan fingerprint density at radius 3 is 2.85 bits per heavy atom. The molecule has 0 radical (unpaired) electrons. The maximum absolute atomic E-state index is 12.1. The molecule has 20 heavy (non-hydrogen) atoms. The SMILES string of the molecule is O=C(N[C@H]1c2ccccc2C[C@H]1O)c1ccc[nH]c1=O. The molecule has 5 heteroatoms. The van der Waals surface area contributed by atoms with Gasteiger partial charge in [-0.1, -0.05) is 24.3 Å². The Bertz CT molecular complexity index is 708. The average Bonchev–Trinajstić information content (AvgIpc) is 2.76. The van der Waals surface area contributed by atoms with Gasteiger partial charge in [0.25, 0.3) is 11.5 Å². The fourth-order valence-corrected chi connectivity index (χ4v) is 2.57. The van der Waals surface area contributed by atoms with E-state index in [4.69, 9.17) is 0 Å². The standard InChI is InChI=1S/C15H14N2O3/c18-12-8-9-4-1-2-5-10(9)13(12)17-15(20)11-6-3-7-16-14(11)19/h1-7,12-13,18H,8H2,(H,16,19)(H,17,20)/t12-,13+/m1/s1. The third kappa shape index (κ3) is 2.12. The summed E-state index contributed by atoms with van der Waals surface area (Å²) in [5.74, 6) is -0.479. The van der Waals surface area contributed by atoms with Gasteiger partial charge in [-0.2, -0.15) is 0 Å². The smallest absolute Gasteiger partial charge is 0.260 e. The Balaban J connectivity index is 1.87. The first kappa shape index (κ1) is 12.6. The molecule has 0 saturated carbocycles. The van der Waals surface area contributed by atoms with Gasteiger partial charge in [-0.15, -0.1) is 0 Å². The van der Waals surface area contributed by atoms with Gasteiger partial charge in [0.2, 0.25) is 0 Å². The third-order valence-electron chi connectivity index (χ3n) is 3.55. The van der Waals surface area contributed by atoms with Crippen molar-refractivity contribution in [1.29, 1.82) is 0 Å². The molecule has 102 valence electrons. The van der Waals surface area contributed by atoms with Crippen LogP contribution in [0.25, 0.3) is 0 Å². The fraction of sp³-hybridized carbons (Fsp3) is 0.200. The van der Waals surface area contributed by atoms with Crippen LogP contribution >= 0.6 is 0 Å². The van der Waals surface area contributed by atoms with Crippen molar-refractivity contribution in [3.8, 4) is 0 Å². The number of amides is 1. The number of H-pyrrole nitrogens is 1. The molecule has 1 aromatic heterocycles. The van der Waals surface area contributed by atoms with E-state index in [1.165, 1.54) is 12.3 Å². The van der Waals surface area contributed by atoms with Crippen molar-refractivity contribution >= 4 is 5.91 Å². The molecule has 1 aromatic carbocycles.